The van der Waals surface area contributed by atoms with Crippen LogP contribution in [0, 0.1) is 0 Å². The fraction of sp³-hybridized carbons (Fsp3) is 0.286. The number of anilines is 1. The molecule has 1 heterocycles. The van der Waals surface area contributed by atoms with E-state index >= 15 is 0 Å². The smallest absolute Gasteiger partial charge is 0.129 e. The molecule has 100 valence electrons. The molecule has 19 heavy (non-hydrogen) atoms. The van der Waals surface area contributed by atoms with Crippen molar-refractivity contribution < 1.29 is 4.74 Å². The Labute approximate surface area is 118 Å². The second kappa shape index (κ2) is 5.95. The maximum Gasteiger partial charge on any atom is 0.129 e. The van der Waals surface area contributed by atoms with E-state index in [2.05, 4.69) is 4.98 Å². The van der Waals surface area contributed by atoms with E-state index in [1.165, 1.54) is 0 Å². The van der Waals surface area contributed by atoms with Gasteiger partial charge in [-0.05, 0) is 12.1 Å². The highest BCUT2D eigenvalue weighted by Gasteiger charge is 2.10. The van der Waals surface area contributed by atoms with Gasteiger partial charge in [0.2, 0.25) is 0 Å². The van der Waals surface area contributed by atoms with Crippen molar-refractivity contribution in [2.45, 2.75) is 0 Å². The molecule has 0 radical (unpaired) electrons. The van der Waals surface area contributed by atoms with E-state index < -0.39 is 0 Å². The van der Waals surface area contributed by atoms with Crippen LogP contribution >= 0.6 is 12.2 Å². The Morgan fingerprint density at radius 3 is 2.84 bits per heavy atom. The lowest BCUT2D eigenvalue weighted by atomic mass is 10.1. The minimum Gasteiger partial charge on any atom is -0.389 e. The molecule has 0 aliphatic carbocycles. The van der Waals surface area contributed by atoms with Crippen LogP contribution in [0.3, 0.4) is 0 Å². The number of nitrogens with zero attached hydrogens (tertiary/aromatic N) is 2. The quantitative estimate of drug-likeness (QED) is 0.845. The van der Waals surface area contributed by atoms with E-state index in [9.17, 15) is 0 Å². The van der Waals surface area contributed by atoms with Crippen molar-refractivity contribution in [2.75, 3.05) is 32.2 Å². The summed E-state index contributed by atoms with van der Waals surface area (Å²) in [6, 6.07) is 9.79. The molecule has 1 aromatic carbocycles. The number of para-hydroxylation sites is 1. The van der Waals surface area contributed by atoms with Crippen molar-refractivity contribution in [1.29, 1.82) is 0 Å². The monoisotopic (exact) mass is 275 g/mol. The number of aromatic nitrogens is 1. The lowest BCUT2D eigenvalue weighted by Crippen LogP contribution is -2.24. The van der Waals surface area contributed by atoms with Gasteiger partial charge in [0.25, 0.3) is 0 Å². The van der Waals surface area contributed by atoms with Gasteiger partial charge < -0.3 is 15.4 Å². The predicted molar refractivity (Wildman–Crippen MR) is 82.8 cm³/mol. The third kappa shape index (κ3) is 3.00. The van der Waals surface area contributed by atoms with Gasteiger partial charge in [-0.15, -0.1) is 0 Å². The molecule has 0 spiro atoms. The van der Waals surface area contributed by atoms with Gasteiger partial charge in [-0.25, -0.2) is 4.98 Å². The van der Waals surface area contributed by atoms with Gasteiger partial charge in [-0.2, -0.15) is 0 Å². The fourth-order valence-corrected chi connectivity index (χ4v) is 2.07. The first kappa shape index (κ1) is 13.7. The third-order valence-corrected chi connectivity index (χ3v) is 3.21. The SMILES string of the molecule is COCCN(C)c1cc(C(N)=S)c2ccccc2n1. The molecule has 0 amide bonds. The first-order valence-electron chi connectivity index (χ1n) is 6.03. The summed E-state index contributed by atoms with van der Waals surface area (Å²) in [5.41, 5.74) is 7.57. The molecule has 0 aliphatic heterocycles. The van der Waals surface area contributed by atoms with Gasteiger partial charge in [0.05, 0.1) is 12.1 Å². The zero-order chi connectivity index (χ0) is 13.8. The molecule has 2 aromatic rings. The van der Waals surface area contributed by atoms with Crippen LogP contribution in [0.5, 0.6) is 0 Å². The molecule has 0 saturated carbocycles. The number of fused-ring (bicyclic) bond motifs is 1. The van der Waals surface area contributed by atoms with Crippen molar-refractivity contribution in [3.63, 3.8) is 0 Å². The maximum atomic E-state index is 5.81. The number of pyridine rings is 1. The molecule has 2 rings (SSSR count). The van der Waals surface area contributed by atoms with Gasteiger partial charge in [0.15, 0.2) is 0 Å². The lowest BCUT2D eigenvalue weighted by Gasteiger charge is -2.19. The molecule has 0 saturated heterocycles. The topological polar surface area (TPSA) is 51.4 Å². The van der Waals surface area contributed by atoms with Gasteiger partial charge in [-0.3, -0.25) is 0 Å². The molecule has 0 fully saturated rings. The first-order valence-corrected chi connectivity index (χ1v) is 6.44. The molecular formula is C14H17N3OS. The second-order valence-electron chi connectivity index (χ2n) is 4.32. The summed E-state index contributed by atoms with van der Waals surface area (Å²) in [6.07, 6.45) is 0. The van der Waals surface area contributed by atoms with Crippen LogP contribution in [0.15, 0.2) is 30.3 Å². The van der Waals surface area contributed by atoms with Crippen LogP contribution in [0.4, 0.5) is 5.82 Å². The molecule has 1 aromatic heterocycles. The first-order chi connectivity index (χ1) is 9.13. The average Bonchev–Trinajstić information content (AvgIpc) is 2.43. The summed E-state index contributed by atoms with van der Waals surface area (Å²) in [4.78, 5) is 7.04. The zero-order valence-electron chi connectivity index (χ0n) is 11.1. The Hall–Kier alpha value is -1.72. The number of rotatable bonds is 5. The van der Waals surface area contributed by atoms with Gasteiger partial charge in [0.1, 0.15) is 10.8 Å². The standard InChI is InChI=1S/C14H17N3OS/c1-17(7-8-18-2)13-9-11(14(15)19)10-5-3-4-6-12(10)16-13/h3-6,9H,7-8H2,1-2H3,(H2,15,19). The van der Waals surface area contributed by atoms with Crippen LogP contribution in [0.1, 0.15) is 5.56 Å². The molecule has 4 nitrogen and oxygen atoms in total. The Kier molecular flexibility index (Phi) is 4.29. The van der Waals surface area contributed by atoms with Gasteiger partial charge in [0, 0.05) is 31.7 Å². The largest absolute Gasteiger partial charge is 0.389 e. The van der Waals surface area contributed by atoms with Crippen LogP contribution in [-0.4, -0.2) is 37.3 Å². The highest BCUT2D eigenvalue weighted by Crippen LogP contribution is 2.22. The summed E-state index contributed by atoms with van der Waals surface area (Å²) < 4.78 is 5.08. The van der Waals surface area contributed by atoms with E-state index in [4.69, 9.17) is 22.7 Å². The molecule has 0 unspecified atom stereocenters. The van der Waals surface area contributed by atoms with Crippen molar-refractivity contribution in [1.82, 2.24) is 4.98 Å². The number of likely N-dealkylation sites (N-methyl/N-ethyl adjacent to an activating group) is 1. The van der Waals surface area contributed by atoms with Gasteiger partial charge in [-0.1, -0.05) is 30.4 Å². The van der Waals surface area contributed by atoms with Crippen molar-refractivity contribution in [3.05, 3.63) is 35.9 Å². The van der Waals surface area contributed by atoms with E-state index in [1.54, 1.807) is 7.11 Å². The molecule has 0 atom stereocenters. The molecule has 0 aliphatic rings. The summed E-state index contributed by atoms with van der Waals surface area (Å²) in [5, 5.41) is 0.985. The Balaban J connectivity index is 2.49. The minimum absolute atomic E-state index is 0.389. The highest BCUT2D eigenvalue weighted by molar-refractivity contribution is 7.80. The molecular weight excluding hydrogens is 258 g/mol. The van der Waals surface area contributed by atoms with E-state index in [1.807, 2.05) is 42.3 Å². The number of nitrogens with two attached hydrogens (primary N) is 1. The molecule has 2 N–H and O–H groups in total. The maximum absolute atomic E-state index is 5.81. The number of ether oxygens (including phenoxy) is 1. The summed E-state index contributed by atoms with van der Waals surface area (Å²) in [7, 11) is 3.65. The van der Waals surface area contributed by atoms with Crippen molar-refractivity contribution in [2.24, 2.45) is 5.73 Å². The van der Waals surface area contributed by atoms with E-state index in [-0.39, 0.29) is 0 Å². The summed E-state index contributed by atoms with van der Waals surface area (Å²) in [6.45, 7) is 1.41. The van der Waals surface area contributed by atoms with Crippen LogP contribution < -0.4 is 10.6 Å². The number of benzene rings is 1. The van der Waals surface area contributed by atoms with Gasteiger partial charge >= 0.3 is 0 Å². The Morgan fingerprint density at radius 1 is 1.42 bits per heavy atom. The van der Waals surface area contributed by atoms with Crippen molar-refractivity contribution in [3.8, 4) is 0 Å². The predicted octanol–water partition coefficient (Wildman–Crippen LogP) is 1.95. The second-order valence-corrected chi connectivity index (χ2v) is 4.76. The summed E-state index contributed by atoms with van der Waals surface area (Å²) >= 11 is 5.13. The Morgan fingerprint density at radius 2 is 2.16 bits per heavy atom. The van der Waals surface area contributed by atoms with E-state index in [0.717, 1.165) is 28.8 Å². The van der Waals surface area contributed by atoms with E-state index in [0.29, 0.717) is 11.6 Å². The van der Waals surface area contributed by atoms with Crippen LogP contribution in [0.25, 0.3) is 10.9 Å². The van der Waals surface area contributed by atoms with Crippen molar-refractivity contribution >= 4 is 33.9 Å². The Bertz CT molecular complexity index is 600. The number of hydrogen-bond acceptors (Lipinski definition) is 4. The fourth-order valence-electron chi connectivity index (χ4n) is 1.90. The number of hydrogen-bond donors (Lipinski definition) is 1. The lowest BCUT2D eigenvalue weighted by molar-refractivity contribution is 0.206. The minimum atomic E-state index is 0.389. The van der Waals surface area contributed by atoms with Crippen LogP contribution in [-0.2, 0) is 4.74 Å². The third-order valence-electron chi connectivity index (χ3n) is 2.99. The summed E-state index contributed by atoms with van der Waals surface area (Å²) in [5.74, 6) is 0.846. The molecule has 5 heteroatoms. The number of methoxy groups -OCH3 is 1. The molecule has 0 bridgehead atoms. The van der Waals surface area contributed by atoms with Crippen LogP contribution in [0.2, 0.25) is 0 Å². The zero-order valence-corrected chi connectivity index (χ0v) is 11.9. The number of thiocarbonyl (C=S) groups is 1. The normalized spacial score (nSPS) is 10.6. The highest BCUT2D eigenvalue weighted by atomic mass is 32.1. The average molecular weight is 275 g/mol.